The standard InChI is InChI=1S/C17H15F5O/c1-23-15(11-16(18,19)17(20,21)22)14-10-6-5-9-13(14)12-7-3-2-4-8-12/h2-10,15H,11H2,1H3. The smallest absolute Gasteiger partial charge is 0.377 e. The Morgan fingerprint density at radius 2 is 1.43 bits per heavy atom. The van der Waals surface area contributed by atoms with Gasteiger partial charge in [0, 0.05) is 7.11 Å². The number of rotatable bonds is 5. The summed E-state index contributed by atoms with van der Waals surface area (Å²) in [6.07, 6.45) is -8.44. The van der Waals surface area contributed by atoms with E-state index < -0.39 is 24.6 Å². The quantitative estimate of drug-likeness (QED) is 0.646. The van der Waals surface area contributed by atoms with Gasteiger partial charge in [-0.25, -0.2) is 0 Å². The summed E-state index contributed by atoms with van der Waals surface area (Å²) in [6.45, 7) is 0. The predicted molar refractivity (Wildman–Crippen MR) is 77.2 cm³/mol. The van der Waals surface area contributed by atoms with E-state index in [2.05, 4.69) is 0 Å². The largest absolute Gasteiger partial charge is 0.453 e. The molecule has 0 heterocycles. The molecule has 0 N–H and O–H groups in total. The second-order valence-corrected chi connectivity index (χ2v) is 5.08. The van der Waals surface area contributed by atoms with Gasteiger partial charge in [-0.3, -0.25) is 0 Å². The Labute approximate surface area is 130 Å². The molecule has 0 amide bonds. The Morgan fingerprint density at radius 3 is 2.00 bits per heavy atom. The molecule has 0 saturated heterocycles. The third-order valence-corrected chi connectivity index (χ3v) is 3.53. The average Bonchev–Trinajstić information content (AvgIpc) is 2.52. The van der Waals surface area contributed by atoms with Gasteiger partial charge < -0.3 is 4.74 Å². The number of ether oxygens (including phenoxy) is 1. The number of hydrogen-bond acceptors (Lipinski definition) is 1. The Hall–Kier alpha value is -1.95. The van der Waals surface area contributed by atoms with Gasteiger partial charge in [0.1, 0.15) is 0 Å². The number of hydrogen-bond donors (Lipinski definition) is 0. The van der Waals surface area contributed by atoms with Crippen molar-refractivity contribution in [1.82, 2.24) is 0 Å². The van der Waals surface area contributed by atoms with Crippen molar-refractivity contribution in [3.8, 4) is 11.1 Å². The van der Waals surface area contributed by atoms with Crippen LogP contribution in [0, 0.1) is 0 Å². The summed E-state index contributed by atoms with van der Waals surface area (Å²) in [5.41, 5.74) is 1.59. The van der Waals surface area contributed by atoms with Crippen molar-refractivity contribution in [2.24, 2.45) is 0 Å². The zero-order valence-corrected chi connectivity index (χ0v) is 12.3. The summed E-state index contributed by atoms with van der Waals surface area (Å²) in [5.74, 6) is -4.82. The van der Waals surface area contributed by atoms with E-state index in [-0.39, 0.29) is 0 Å². The highest BCUT2D eigenvalue weighted by atomic mass is 19.4. The highest BCUT2D eigenvalue weighted by molar-refractivity contribution is 5.67. The van der Waals surface area contributed by atoms with Crippen LogP contribution < -0.4 is 0 Å². The van der Waals surface area contributed by atoms with Crippen LogP contribution in [0.15, 0.2) is 54.6 Å². The van der Waals surface area contributed by atoms with Gasteiger partial charge in [0.25, 0.3) is 0 Å². The first-order chi connectivity index (χ1) is 10.8. The van der Waals surface area contributed by atoms with Gasteiger partial charge in [0.05, 0.1) is 12.5 Å². The minimum Gasteiger partial charge on any atom is -0.377 e. The van der Waals surface area contributed by atoms with Gasteiger partial charge in [-0.15, -0.1) is 0 Å². The van der Waals surface area contributed by atoms with E-state index in [1.54, 1.807) is 48.5 Å². The molecule has 23 heavy (non-hydrogen) atoms. The number of methoxy groups -OCH3 is 1. The maximum atomic E-state index is 13.4. The lowest BCUT2D eigenvalue weighted by molar-refractivity contribution is -0.291. The fraction of sp³-hybridized carbons (Fsp3) is 0.294. The number of halogens is 5. The average molecular weight is 330 g/mol. The van der Waals surface area contributed by atoms with Crippen molar-refractivity contribution in [2.45, 2.75) is 24.6 Å². The summed E-state index contributed by atoms with van der Waals surface area (Å²) >= 11 is 0. The maximum Gasteiger partial charge on any atom is 0.453 e. The third kappa shape index (κ3) is 3.88. The van der Waals surface area contributed by atoms with E-state index in [9.17, 15) is 22.0 Å². The van der Waals surface area contributed by atoms with E-state index in [0.29, 0.717) is 11.1 Å². The zero-order valence-electron chi connectivity index (χ0n) is 12.3. The van der Waals surface area contributed by atoms with Crippen LogP contribution in [0.4, 0.5) is 22.0 Å². The van der Waals surface area contributed by atoms with Crippen molar-refractivity contribution < 1.29 is 26.7 Å². The Bertz CT molecular complexity index is 637. The lowest BCUT2D eigenvalue weighted by Crippen LogP contribution is -2.38. The van der Waals surface area contributed by atoms with Crippen molar-refractivity contribution in [3.05, 3.63) is 60.2 Å². The summed E-state index contributed by atoms with van der Waals surface area (Å²) in [7, 11) is 1.12. The molecule has 2 rings (SSSR count). The second-order valence-electron chi connectivity index (χ2n) is 5.08. The fourth-order valence-corrected chi connectivity index (χ4v) is 2.33. The molecule has 0 aromatic heterocycles. The van der Waals surface area contributed by atoms with Crippen LogP contribution in [0.3, 0.4) is 0 Å². The number of benzene rings is 2. The van der Waals surface area contributed by atoms with Crippen molar-refractivity contribution in [3.63, 3.8) is 0 Å². The van der Waals surface area contributed by atoms with Gasteiger partial charge in [-0.05, 0) is 16.7 Å². The molecular formula is C17H15F5O. The van der Waals surface area contributed by atoms with E-state index in [1.165, 1.54) is 6.07 Å². The number of alkyl halides is 5. The third-order valence-electron chi connectivity index (χ3n) is 3.53. The molecule has 0 saturated carbocycles. The van der Waals surface area contributed by atoms with Gasteiger partial charge in [0.15, 0.2) is 0 Å². The summed E-state index contributed by atoms with van der Waals surface area (Å²) < 4.78 is 69.1. The molecule has 1 atom stereocenters. The summed E-state index contributed by atoms with van der Waals surface area (Å²) in [4.78, 5) is 0. The lowest BCUT2D eigenvalue weighted by Gasteiger charge is -2.26. The first-order valence-corrected chi connectivity index (χ1v) is 6.88. The zero-order chi connectivity index (χ0) is 17.1. The Balaban J connectivity index is 2.40. The van der Waals surface area contributed by atoms with Crippen molar-refractivity contribution >= 4 is 0 Å². The van der Waals surface area contributed by atoms with Gasteiger partial charge in [-0.2, -0.15) is 22.0 Å². The monoisotopic (exact) mass is 330 g/mol. The van der Waals surface area contributed by atoms with Gasteiger partial charge >= 0.3 is 12.1 Å². The molecule has 1 nitrogen and oxygen atoms in total. The van der Waals surface area contributed by atoms with E-state index in [0.717, 1.165) is 12.7 Å². The Morgan fingerprint density at radius 1 is 0.870 bits per heavy atom. The molecule has 0 aliphatic heterocycles. The molecule has 6 heteroatoms. The van der Waals surface area contributed by atoms with E-state index in [4.69, 9.17) is 4.74 Å². The molecule has 2 aromatic rings. The molecule has 0 aliphatic rings. The van der Waals surface area contributed by atoms with Crippen molar-refractivity contribution in [2.75, 3.05) is 7.11 Å². The van der Waals surface area contributed by atoms with E-state index in [1.807, 2.05) is 0 Å². The molecule has 0 radical (unpaired) electrons. The van der Waals surface area contributed by atoms with Crippen LogP contribution in [0.5, 0.6) is 0 Å². The summed E-state index contributed by atoms with van der Waals surface area (Å²) in [6, 6.07) is 15.3. The predicted octanol–water partition coefficient (Wildman–Crippen LogP) is 5.63. The normalized spacial score (nSPS) is 13.8. The van der Waals surface area contributed by atoms with Crippen LogP contribution in [-0.4, -0.2) is 19.2 Å². The molecule has 124 valence electrons. The molecule has 0 aliphatic carbocycles. The highest BCUT2D eigenvalue weighted by Gasteiger charge is 2.58. The molecular weight excluding hydrogens is 315 g/mol. The molecule has 1 unspecified atom stereocenters. The molecule has 2 aromatic carbocycles. The molecule has 0 fully saturated rings. The topological polar surface area (TPSA) is 9.23 Å². The molecule has 0 spiro atoms. The van der Waals surface area contributed by atoms with Crippen LogP contribution in [0.25, 0.3) is 11.1 Å². The maximum absolute atomic E-state index is 13.4. The van der Waals surface area contributed by atoms with Crippen LogP contribution >= 0.6 is 0 Å². The van der Waals surface area contributed by atoms with E-state index >= 15 is 0 Å². The van der Waals surface area contributed by atoms with Gasteiger partial charge in [-0.1, -0.05) is 54.6 Å². The highest BCUT2D eigenvalue weighted by Crippen LogP contribution is 2.44. The minimum absolute atomic E-state index is 0.296. The molecule has 0 bridgehead atoms. The van der Waals surface area contributed by atoms with Crippen molar-refractivity contribution in [1.29, 1.82) is 0 Å². The van der Waals surface area contributed by atoms with Crippen LogP contribution in [-0.2, 0) is 4.74 Å². The SMILES string of the molecule is COC(CC(F)(F)C(F)(F)F)c1ccccc1-c1ccccc1. The fourth-order valence-electron chi connectivity index (χ4n) is 2.33. The second kappa shape index (κ2) is 6.66. The van der Waals surface area contributed by atoms with Gasteiger partial charge in [0.2, 0.25) is 0 Å². The minimum atomic E-state index is -5.61. The van der Waals surface area contributed by atoms with Crippen LogP contribution in [0.1, 0.15) is 18.1 Å². The Kier molecular flexibility index (Phi) is 5.04. The lowest BCUT2D eigenvalue weighted by atomic mass is 9.93. The van der Waals surface area contributed by atoms with Crippen LogP contribution in [0.2, 0.25) is 0 Å². The first-order valence-electron chi connectivity index (χ1n) is 6.88. The summed E-state index contributed by atoms with van der Waals surface area (Å²) in [5, 5.41) is 0. The first kappa shape index (κ1) is 17.4.